The van der Waals surface area contributed by atoms with E-state index in [1.807, 2.05) is 0 Å². The summed E-state index contributed by atoms with van der Waals surface area (Å²) in [4.78, 5) is 26.4. The molecule has 0 saturated carbocycles. The number of urea groups is 1. The molecule has 2 aromatic rings. The molecule has 1 fully saturated rings. The first-order valence-electron chi connectivity index (χ1n) is 9.17. The summed E-state index contributed by atoms with van der Waals surface area (Å²) in [5, 5.41) is 18.5. The lowest BCUT2D eigenvalue weighted by Gasteiger charge is -2.29. The number of aliphatic hydroxyl groups is 1. The molecule has 0 atom stereocenters. The van der Waals surface area contributed by atoms with Crippen molar-refractivity contribution in [1.29, 1.82) is 0 Å². The van der Waals surface area contributed by atoms with Crippen LogP contribution in [0.2, 0.25) is 0 Å². The summed E-state index contributed by atoms with van der Waals surface area (Å²) in [6, 6.07) is 2.17. The van der Waals surface area contributed by atoms with Crippen LogP contribution in [0.3, 0.4) is 0 Å². The number of benzene rings is 1. The molecule has 30 heavy (non-hydrogen) atoms. The number of piperidine rings is 1. The Bertz CT molecular complexity index is 947. The molecule has 0 radical (unpaired) electrons. The predicted molar refractivity (Wildman–Crippen MR) is 103 cm³/mol. The van der Waals surface area contributed by atoms with Crippen molar-refractivity contribution in [1.82, 2.24) is 14.7 Å². The first kappa shape index (κ1) is 21.4. The maximum Gasteiger partial charge on any atom is 0.323 e. The number of likely N-dealkylation sites (tertiary alicyclic amines) is 1. The smallest absolute Gasteiger partial charge is 0.323 e. The fourth-order valence-corrected chi connectivity index (χ4v) is 3.00. The molecule has 3 amide bonds. The Morgan fingerprint density at radius 1 is 1.17 bits per heavy atom. The van der Waals surface area contributed by atoms with Crippen LogP contribution < -0.4 is 10.6 Å². The standard InChI is InChI=1S/C19H20F3N5O3/c1-2-5-27-15(18(29)23-11-8-13(20)17(22)14(21)9-11)10-16(25-27)24-19(30)26-6-3-12(28)4-7-26/h2,8-10,12,28H,1,3-7H2,(H,23,29)(H,24,25,30). The van der Waals surface area contributed by atoms with Crippen molar-refractivity contribution in [2.75, 3.05) is 23.7 Å². The number of nitrogens with zero attached hydrogens (tertiary/aromatic N) is 3. The molecular formula is C19H20F3N5O3. The normalized spacial score (nSPS) is 14.5. The highest BCUT2D eigenvalue weighted by molar-refractivity contribution is 6.04. The summed E-state index contributed by atoms with van der Waals surface area (Å²) < 4.78 is 41.1. The second kappa shape index (κ2) is 8.99. The fourth-order valence-electron chi connectivity index (χ4n) is 3.00. The zero-order valence-electron chi connectivity index (χ0n) is 15.9. The Morgan fingerprint density at radius 3 is 2.40 bits per heavy atom. The van der Waals surface area contributed by atoms with Crippen LogP contribution in [0.5, 0.6) is 0 Å². The van der Waals surface area contributed by atoms with Gasteiger partial charge in [0.05, 0.1) is 12.6 Å². The fraction of sp³-hybridized carbons (Fsp3) is 0.316. The minimum atomic E-state index is -1.64. The van der Waals surface area contributed by atoms with E-state index in [1.54, 1.807) is 0 Å². The molecule has 1 saturated heterocycles. The van der Waals surface area contributed by atoms with Crippen molar-refractivity contribution in [2.45, 2.75) is 25.5 Å². The molecule has 1 aromatic heterocycles. The van der Waals surface area contributed by atoms with Crippen LogP contribution in [-0.2, 0) is 6.54 Å². The Hall–Kier alpha value is -3.34. The van der Waals surface area contributed by atoms with Crippen LogP contribution in [0, 0.1) is 17.5 Å². The molecule has 3 N–H and O–H groups in total. The summed E-state index contributed by atoms with van der Waals surface area (Å²) in [5.74, 6) is -5.19. The van der Waals surface area contributed by atoms with Gasteiger partial charge in [0.15, 0.2) is 23.3 Å². The molecule has 8 nitrogen and oxygen atoms in total. The van der Waals surface area contributed by atoms with Crippen LogP contribution in [-0.4, -0.2) is 50.9 Å². The number of aliphatic hydroxyl groups excluding tert-OH is 1. The van der Waals surface area contributed by atoms with Crippen molar-refractivity contribution in [3.05, 3.63) is 54.0 Å². The van der Waals surface area contributed by atoms with Gasteiger partial charge in [0, 0.05) is 37.0 Å². The number of carbonyl (C=O) groups excluding carboxylic acids is 2. The van der Waals surface area contributed by atoms with E-state index in [0.717, 1.165) is 0 Å². The SMILES string of the molecule is C=CCn1nc(NC(=O)N2CCC(O)CC2)cc1C(=O)Nc1cc(F)c(F)c(F)c1. The van der Waals surface area contributed by atoms with Crippen molar-refractivity contribution >= 4 is 23.4 Å². The third-order valence-corrected chi connectivity index (χ3v) is 4.54. The number of carbonyl (C=O) groups is 2. The number of aromatic nitrogens is 2. The summed E-state index contributed by atoms with van der Waals surface area (Å²) >= 11 is 0. The van der Waals surface area contributed by atoms with Crippen LogP contribution in [0.15, 0.2) is 30.9 Å². The monoisotopic (exact) mass is 423 g/mol. The van der Waals surface area contributed by atoms with E-state index in [9.17, 15) is 27.9 Å². The van der Waals surface area contributed by atoms with E-state index in [-0.39, 0.29) is 23.7 Å². The van der Waals surface area contributed by atoms with Crippen LogP contribution in [0.25, 0.3) is 0 Å². The van der Waals surface area contributed by atoms with Crippen molar-refractivity contribution in [3.63, 3.8) is 0 Å². The van der Waals surface area contributed by atoms with Gasteiger partial charge in [-0.3, -0.25) is 14.8 Å². The average molecular weight is 423 g/mol. The highest BCUT2D eigenvalue weighted by Crippen LogP contribution is 2.19. The number of rotatable bonds is 5. The quantitative estimate of drug-likeness (QED) is 0.509. The lowest BCUT2D eigenvalue weighted by atomic mass is 10.1. The topological polar surface area (TPSA) is 99.5 Å². The van der Waals surface area contributed by atoms with Crippen LogP contribution >= 0.6 is 0 Å². The number of hydrogen-bond donors (Lipinski definition) is 3. The number of amides is 3. The molecule has 1 aliphatic heterocycles. The molecule has 2 heterocycles. The summed E-state index contributed by atoms with van der Waals surface area (Å²) in [7, 11) is 0. The third-order valence-electron chi connectivity index (χ3n) is 4.54. The third kappa shape index (κ3) is 4.79. The largest absolute Gasteiger partial charge is 0.393 e. The second-order valence-electron chi connectivity index (χ2n) is 6.74. The second-order valence-corrected chi connectivity index (χ2v) is 6.74. The van der Waals surface area contributed by atoms with E-state index in [0.29, 0.717) is 38.1 Å². The van der Waals surface area contributed by atoms with Gasteiger partial charge in [0.1, 0.15) is 5.69 Å². The van der Waals surface area contributed by atoms with E-state index in [2.05, 4.69) is 22.3 Å². The lowest BCUT2D eigenvalue weighted by molar-refractivity contribution is 0.0970. The van der Waals surface area contributed by atoms with Gasteiger partial charge in [0.2, 0.25) is 0 Å². The van der Waals surface area contributed by atoms with Gasteiger partial charge in [0.25, 0.3) is 5.91 Å². The molecule has 160 valence electrons. The maximum absolute atomic E-state index is 13.4. The van der Waals surface area contributed by atoms with Gasteiger partial charge in [-0.25, -0.2) is 18.0 Å². The molecular weight excluding hydrogens is 403 g/mol. The maximum atomic E-state index is 13.4. The molecule has 3 rings (SSSR count). The Morgan fingerprint density at radius 2 is 1.80 bits per heavy atom. The number of allylic oxidation sites excluding steroid dienone is 1. The van der Waals surface area contributed by atoms with Crippen LogP contribution in [0.1, 0.15) is 23.3 Å². The van der Waals surface area contributed by atoms with Gasteiger partial charge in [-0.1, -0.05) is 6.08 Å². The lowest BCUT2D eigenvalue weighted by Crippen LogP contribution is -2.42. The summed E-state index contributed by atoms with van der Waals surface area (Å²) in [6.45, 7) is 4.47. The van der Waals surface area contributed by atoms with Gasteiger partial charge >= 0.3 is 6.03 Å². The van der Waals surface area contributed by atoms with E-state index in [4.69, 9.17) is 0 Å². The molecule has 0 aliphatic carbocycles. The molecule has 0 spiro atoms. The van der Waals surface area contributed by atoms with Gasteiger partial charge in [-0.2, -0.15) is 5.10 Å². The van der Waals surface area contributed by atoms with Gasteiger partial charge in [-0.15, -0.1) is 6.58 Å². The first-order chi connectivity index (χ1) is 14.3. The van der Waals surface area contributed by atoms with Crippen molar-refractivity contribution in [3.8, 4) is 0 Å². The van der Waals surface area contributed by atoms with E-state index in [1.165, 1.54) is 21.7 Å². The number of nitrogens with one attached hydrogen (secondary N) is 2. The first-order valence-corrected chi connectivity index (χ1v) is 9.17. The zero-order valence-corrected chi connectivity index (χ0v) is 15.9. The van der Waals surface area contributed by atoms with Gasteiger partial charge < -0.3 is 15.3 Å². The van der Waals surface area contributed by atoms with E-state index >= 15 is 0 Å². The molecule has 11 heteroatoms. The molecule has 1 aliphatic rings. The zero-order chi connectivity index (χ0) is 21.8. The number of anilines is 2. The number of hydrogen-bond acceptors (Lipinski definition) is 4. The minimum absolute atomic E-state index is 0.00981. The van der Waals surface area contributed by atoms with Crippen molar-refractivity contribution < 1.29 is 27.9 Å². The number of halogens is 3. The van der Waals surface area contributed by atoms with Crippen LogP contribution in [0.4, 0.5) is 29.5 Å². The van der Waals surface area contributed by atoms with E-state index < -0.39 is 35.5 Å². The Labute approximate surface area is 170 Å². The predicted octanol–water partition coefficient (Wildman–Crippen LogP) is 2.73. The molecule has 1 aromatic carbocycles. The summed E-state index contributed by atoms with van der Waals surface area (Å²) in [5.41, 5.74) is -0.287. The highest BCUT2D eigenvalue weighted by atomic mass is 19.2. The average Bonchev–Trinajstić information content (AvgIpc) is 3.09. The van der Waals surface area contributed by atoms with Gasteiger partial charge in [-0.05, 0) is 12.8 Å². The minimum Gasteiger partial charge on any atom is -0.393 e. The summed E-state index contributed by atoms with van der Waals surface area (Å²) in [6.07, 6.45) is 1.98. The highest BCUT2D eigenvalue weighted by Gasteiger charge is 2.23. The van der Waals surface area contributed by atoms with Crippen molar-refractivity contribution in [2.24, 2.45) is 0 Å². The Balaban J connectivity index is 1.75. The molecule has 0 unspecified atom stereocenters. The molecule has 0 bridgehead atoms. The Kier molecular flexibility index (Phi) is 6.40.